The lowest BCUT2D eigenvalue weighted by Crippen LogP contribution is -2.26. The Labute approximate surface area is 131 Å². The number of ketones is 1. The van der Waals surface area contributed by atoms with Crippen LogP contribution in [0.25, 0.3) is 0 Å². The number of hydrogen-bond donors (Lipinski definition) is 0. The van der Waals surface area contributed by atoms with Crippen molar-refractivity contribution in [1.29, 1.82) is 5.26 Å². The number of Topliss-reactive ketones (excluding diaryl/α,β-unsaturated/α-hetero) is 1. The fourth-order valence-corrected chi connectivity index (χ4v) is 3.48. The molecule has 0 spiro atoms. The maximum absolute atomic E-state index is 13.1. The van der Waals surface area contributed by atoms with Crippen LogP contribution in [0.1, 0.15) is 56.3 Å². The summed E-state index contributed by atoms with van der Waals surface area (Å²) in [7, 11) is 0. The zero-order valence-corrected chi connectivity index (χ0v) is 13.3. The van der Waals surface area contributed by atoms with E-state index in [-0.39, 0.29) is 17.6 Å². The van der Waals surface area contributed by atoms with Crippen molar-refractivity contribution in [2.45, 2.75) is 46.0 Å². The van der Waals surface area contributed by atoms with Gasteiger partial charge >= 0.3 is 0 Å². The van der Waals surface area contributed by atoms with Crippen molar-refractivity contribution in [2.75, 3.05) is 0 Å². The van der Waals surface area contributed by atoms with Gasteiger partial charge in [-0.2, -0.15) is 9.65 Å². The van der Waals surface area contributed by atoms with Gasteiger partial charge in [0.2, 0.25) is 5.95 Å². The summed E-state index contributed by atoms with van der Waals surface area (Å²) in [6, 6.07) is 5.18. The smallest absolute Gasteiger partial charge is 0.213 e. The molecule has 1 aromatic heterocycles. The van der Waals surface area contributed by atoms with E-state index in [2.05, 4.69) is 18.0 Å². The SMILES string of the molecule is CC(CCC1CCCC(C#N)C1C)C(=O)c1ccnc(F)c1. The second-order valence-electron chi connectivity index (χ2n) is 6.50. The Morgan fingerprint density at radius 1 is 1.55 bits per heavy atom. The molecule has 0 bridgehead atoms. The average molecular weight is 302 g/mol. The van der Waals surface area contributed by atoms with E-state index in [0.29, 0.717) is 17.4 Å². The van der Waals surface area contributed by atoms with Crippen molar-refractivity contribution in [1.82, 2.24) is 4.98 Å². The molecule has 0 radical (unpaired) electrons. The molecule has 0 saturated heterocycles. The number of carbonyl (C=O) groups excluding carboxylic acids is 1. The Morgan fingerprint density at radius 3 is 3.00 bits per heavy atom. The third kappa shape index (κ3) is 3.91. The lowest BCUT2D eigenvalue weighted by molar-refractivity contribution is 0.0909. The second-order valence-corrected chi connectivity index (χ2v) is 6.50. The molecule has 1 aliphatic carbocycles. The van der Waals surface area contributed by atoms with Crippen LogP contribution >= 0.6 is 0 Å². The maximum Gasteiger partial charge on any atom is 0.213 e. The second kappa shape index (κ2) is 7.49. The highest BCUT2D eigenvalue weighted by Crippen LogP contribution is 2.37. The van der Waals surface area contributed by atoms with Crippen LogP contribution in [0.3, 0.4) is 0 Å². The number of hydrogen-bond acceptors (Lipinski definition) is 3. The minimum absolute atomic E-state index is 0.0263. The molecule has 4 heteroatoms. The van der Waals surface area contributed by atoms with Gasteiger partial charge in [-0.25, -0.2) is 4.98 Å². The molecule has 1 saturated carbocycles. The predicted octanol–water partition coefficient (Wildman–Crippen LogP) is 4.40. The fourth-order valence-electron chi connectivity index (χ4n) is 3.48. The topological polar surface area (TPSA) is 53.8 Å². The van der Waals surface area contributed by atoms with Crippen molar-refractivity contribution < 1.29 is 9.18 Å². The Morgan fingerprint density at radius 2 is 2.32 bits per heavy atom. The van der Waals surface area contributed by atoms with Gasteiger partial charge in [-0.1, -0.05) is 26.7 Å². The van der Waals surface area contributed by atoms with Crippen LogP contribution in [0.5, 0.6) is 0 Å². The van der Waals surface area contributed by atoms with E-state index < -0.39 is 5.95 Å². The van der Waals surface area contributed by atoms with Gasteiger partial charge in [-0.3, -0.25) is 4.79 Å². The number of rotatable bonds is 5. The van der Waals surface area contributed by atoms with Crippen LogP contribution in [-0.2, 0) is 0 Å². The molecular formula is C18H23FN2O. The zero-order chi connectivity index (χ0) is 16.1. The third-order valence-corrected chi connectivity index (χ3v) is 5.06. The number of nitrogens with zero attached hydrogens (tertiary/aromatic N) is 2. The zero-order valence-electron chi connectivity index (χ0n) is 13.3. The first-order chi connectivity index (χ1) is 10.5. The summed E-state index contributed by atoms with van der Waals surface area (Å²) in [4.78, 5) is 15.8. The normalized spacial score (nSPS) is 26.2. The average Bonchev–Trinajstić information content (AvgIpc) is 2.53. The third-order valence-electron chi connectivity index (χ3n) is 5.06. The van der Waals surface area contributed by atoms with Gasteiger partial charge in [0.1, 0.15) is 0 Å². The van der Waals surface area contributed by atoms with E-state index in [1.807, 2.05) is 6.92 Å². The van der Waals surface area contributed by atoms with Crippen molar-refractivity contribution in [3.8, 4) is 6.07 Å². The van der Waals surface area contributed by atoms with Crippen molar-refractivity contribution >= 4 is 5.78 Å². The van der Waals surface area contributed by atoms with Crippen LogP contribution in [0.2, 0.25) is 0 Å². The summed E-state index contributed by atoms with van der Waals surface area (Å²) in [5, 5.41) is 9.17. The van der Waals surface area contributed by atoms with Crippen LogP contribution in [0, 0.1) is 41.0 Å². The van der Waals surface area contributed by atoms with E-state index in [1.165, 1.54) is 12.3 Å². The highest BCUT2D eigenvalue weighted by Gasteiger charge is 2.30. The standard InChI is InChI=1S/C18H23FN2O/c1-12(18(22)15-8-9-21-17(19)10-15)6-7-14-4-3-5-16(11-20)13(14)2/h8-10,12-14,16H,3-7H2,1-2H3. The minimum atomic E-state index is -0.615. The van der Waals surface area contributed by atoms with Gasteiger partial charge in [0.25, 0.3) is 0 Å². The van der Waals surface area contributed by atoms with Crippen LogP contribution in [0.4, 0.5) is 4.39 Å². The molecule has 4 unspecified atom stereocenters. The van der Waals surface area contributed by atoms with E-state index in [1.54, 1.807) is 6.07 Å². The fraction of sp³-hybridized carbons (Fsp3) is 0.611. The molecule has 1 fully saturated rings. The summed E-state index contributed by atoms with van der Waals surface area (Å²) in [6.45, 7) is 4.05. The van der Waals surface area contributed by atoms with E-state index >= 15 is 0 Å². The van der Waals surface area contributed by atoms with E-state index in [0.717, 1.165) is 32.1 Å². The van der Waals surface area contributed by atoms with Gasteiger partial charge in [0.05, 0.1) is 6.07 Å². The molecule has 1 heterocycles. The Balaban J connectivity index is 1.91. The highest BCUT2D eigenvalue weighted by molar-refractivity contribution is 5.97. The highest BCUT2D eigenvalue weighted by atomic mass is 19.1. The summed E-state index contributed by atoms with van der Waals surface area (Å²) in [6.07, 6.45) is 6.32. The first-order valence-corrected chi connectivity index (χ1v) is 8.08. The van der Waals surface area contributed by atoms with Gasteiger partial charge in [0, 0.05) is 29.7 Å². The summed E-state index contributed by atoms with van der Waals surface area (Å²) < 4.78 is 13.1. The van der Waals surface area contributed by atoms with Crippen molar-refractivity contribution in [3.63, 3.8) is 0 Å². The van der Waals surface area contributed by atoms with Crippen LogP contribution < -0.4 is 0 Å². The molecule has 2 rings (SSSR count). The van der Waals surface area contributed by atoms with Crippen LogP contribution in [0.15, 0.2) is 18.3 Å². The first kappa shape index (κ1) is 16.6. The summed E-state index contributed by atoms with van der Waals surface area (Å²) >= 11 is 0. The van der Waals surface area contributed by atoms with Gasteiger partial charge in [-0.05, 0) is 37.2 Å². The Bertz CT molecular complexity index is 566. The molecule has 0 aliphatic heterocycles. The largest absolute Gasteiger partial charge is 0.294 e. The summed E-state index contributed by atoms with van der Waals surface area (Å²) in [5.74, 6) is 0.301. The molecular weight excluding hydrogens is 279 g/mol. The predicted molar refractivity (Wildman–Crippen MR) is 82.5 cm³/mol. The van der Waals surface area contributed by atoms with E-state index in [9.17, 15) is 14.4 Å². The Kier molecular flexibility index (Phi) is 5.65. The molecule has 118 valence electrons. The quantitative estimate of drug-likeness (QED) is 0.598. The first-order valence-electron chi connectivity index (χ1n) is 8.08. The lowest BCUT2D eigenvalue weighted by atomic mass is 9.71. The molecule has 1 aromatic rings. The van der Waals surface area contributed by atoms with Crippen LogP contribution in [-0.4, -0.2) is 10.8 Å². The monoisotopic (exact) mass is 302 g/mol. The number of carbonyl (C=O) groups is 1. The lowest BCUT2D eigenvalue weighted by Gasteiger charge is -2.33. The van der Waals surface area contributed by atoms with Gasteiger partial charge in [0.15, 0.2) is 5.78 Å². The molecule has 22 heavy (non-hydrogen) atoms. The number of nitriles is 1. The number of pyridine rings is 1. The molecule has 1 aliphatic rings. The number of halogens is 1. The number of aromatic nitrogens is 1. The molecule has 3 nitrogen and oxygen atoms in total. The maximum atomic E-state index is 13.1. The molecule has 0 amide bonds. The molecule has 4 atom stereocenters. The van der Waals surface area contributed by atoms with Gasteiger partial charge in [-0.15, -0.1) is 0 Å². The summed E-state index contributed by atoms with van der Waals surface area (Å²) in [5.41, 5.74) is 0.395. The molecule has 0 aromatic carbocycles. The Hall–Kier alpha value is -1.76. The molecule has 0 N–H and O–H groups in total. The minimum Gasteiger partial charge on any atom is -0.294 e. The van der Waals surface area contributed by atoms with Crippen molar-refractivity contribution in [3.05, 3.63) is 29.8 Å². The van der Waals surface area contributed by atoms with Crippen molar-refractivity contribution in [2.24, 2.45) is 23.7 Å². The van der Waals surface area contributed by atoms with Gasteiger partial charge < -0.3 is 0 Å². The van der Waals surface area contributed by atoms with E-state index in [4.69, 9.17) is 0 Å².